The van der Waals surface area contributed by atoms with Crippen LogP contribution in [0.25, 0.3) is 0 Å². The summed E-state index contributed by atoms with van der Waals surface area (Å²) in [5.41, 5.74) is 1.54. The van der Waals surface area contributed by atoms with E-state index in [1.807, 2.05) is 24.1 Å². The molecule has 0 aliphatic heterocycles. The van der Waals surface area contributed by atoms with E-state index in [1.165, 1.54) is 6.42 Å². The van der Waals surface area contributed by atoms with E-state index in [9.17, 15) is 4.79 Å². The SMILES string of the molecule is CCCNc1ccc(Cl)cc1C(=O)N(C)CC1CC1C. The highest BCUT2D eigenvalue weighted by Crippen LogP contribution is 2.38. The van der Waals surface area contributed by atoms with Gasteiger partial charge < -0.3 is 10.2 Å². The number of amides is 1. The standard InChI is InChI=1S/C16H23ClN2O/c1-4-7-18-15-6-5-13(17)9-14(15)16(20)19(3)10-12-8-11(12)2/h5-6,9,11-12,18H,4,7-8,10H2,1-3H3. The van der Waals surface area contributed by atoms with Crippen molar-refractivity contribution in [3.63, 3.8) is 0 Å². The van der Waals surface area contributed by atoms with Crippen molar-refractivity contribution < 1.29 is 4.79 Å². The van der Waals surface area contributed by atoms with Crippen LogP contribution in [0.5, 0.6) is 0 Å². The normalized spacial score (nSPS) is 20.6. The number of carbonyl (C=O) groups is 1. The van der Waals surface area contributed by atoms with E-state index < -0.39 is 0 Å². The summed E-state index contributed by atoms with van der Waals surface area (Å²) in [6.45, 7) is 6.02. The molecule has 110 valence electrons. The van der Waals surface area contributed by atoms with Crippen molar-refractivity contribution in [2.75, 3.05) is 25.5 Å². The lowest BCUT2D eigenvalue weighted by molar-refractivity contribution is 0.0788. The Bertz CT molecular complexity index is 489. The number of carbonyl (C=O) groups excluding carboxylic acids is 1. The molecule has 0 aromatic heterocycles. The maximum Gasteiger partial charge on any atom is 0.255 e. The summed E-state index contributed by atoms with van der Waals surface area (Å²) in [4.78, 5) is 14.4. The van der Waals surface area contributed by atoms with Crippen LogP contribution in [0.4, 0.5) is 5.69 Å². The molecule has 0 heterocycles. The third-order valence-corrected chi connectivity index (χ3v) is 4.14. The van der Waals surface area contributed by atoms with Crippen molar-refractivity contribution in [1.82, 2.24) is 4.90 Å². The van der Waals surface area contributed by atoms with E-state index in [-0.39, 0.29) is 5.91 Å². The first-order valence-corrected chi connectivity index (χ1v) is 7.69. The Morgan fingerprint density at radius 1 is 1.50 bits per heavy atom. The summed E-state index contributed by atoms with van der Waals surface area (Å²) in [6.07, 6.45) is 2.25. The van der Waals surface area contributed by atoms with Crippen LogP contribution in [-0.2, 0) is 0 Å². The number of benzene rings is 1. The number of hydrogen-bond acceptors (Lipinski definition) is 2. The first-order chi connectivity index (χ1) is 9.52. The summed E-state index contributed by atoms with van der Waals surface area (Å²) in [5, 5.41) is 3.90. The van der Waals surface area contributed by atoms with Crippen LogP contribution in [-0.4, -0.2) is 30.9 Å². The number of halogens is 1. The van der Waals surface area contributed by atoms with Gasteiger partial charge in [-0.25, -0.2) is 0 Å². The highest BCUT2D eigenvalue weighted by molar-refractivity contribution is 6.31. The minimum Gasteiger partial charge on any atom is -0.384 e. The van der Waals surface area contributed by atoms with E-state index in [1.54, 1.807) is 6.07 Å². The van der Waals surface area contributed by atoms with E-state index in [4.69, 9.17) is 11.6 Å². The molecule has 4 heteroatoms. The second kappa shape index (κ2) is 6.49. The third-order valence-electron chi connectivity index (χ3n) is 3.91. The molecule has 0 radical (unpaired) electrons. The Hall–Kier alpha value is -1.22. The average molecular weight is 295 g/mol. The van der Waals surface area contributed by atoms with Crippen LogP contribution >= 0.6 is 11.6 Å². The zero-order chi connectivity index (χ0) is 14.7. The molecule has 2 rings (SSSR count). The van der Waals surface area contributed by atoms with Crippen LogP contribution in [0.3, 0.4) is 0 Å². The lowest BCUT2D eigenvalue weighted by Gasteiger charge is -2.20. The van der Waals surface area contributed by atoms with Gasteiger partial charge in [0.05, 0.1) is 5.56 Å². The molecule has 2 unspecified atom stereocenters. The summed E-state index contributed by atoms with van der Waals surface area (Å²) in [7, 11) is 1.87. The fourth-order valence-electron chi connectivity index (χ4n) is 2.40. The molecular weight excluding hydrogens is 272 g/mol. The predicted molar refractivity (Wildman–Crippen MR) is 84.5 cm³/mol. The summed E-state index contributed by atoms with van der Waals surface area (Å²) in [6, 6.07) is 5.47. The van der Waals surface area contributed by atoms with Crippen molar-refractivity contribution in [1.29, 1.82) is 0 Å². The summed E-state index contributed by atoms with van der Waals surface area (Å²) in [5.74, 6) is 1.46. The van der Waals surface area contributed by atoms with Gasteiger partial charge in [-0.05, 0) is 42.9 Å². The highest BCUT2D eigenvalue weighted by Gasteiger charge is 2.34. The Kier molecular flexibility index (Phi) is 4.92. The average Bonchev–Trinajstić information content (AvgIpc) is 3.11. The van der Waals surface area contributed by atoms with Gasteiger partial charge >= 0.3 is 0 Å². The molecule has 1 aliphatic carbocycles. The number of rotatable bonds is 6. The maximum atomic E-state index is 12.6. The molecular formula is C16H23ClN2O. The number of hydrogen-bond donors (Lipinski definition) is 1. The maximum absolute atomic E-state index is 12.6. The van der Waals surface area contributed by atoms with Crippen LogP contribution in [0.2, 0.25) is 5.02 Å². The van der Waals surface area contributed by atoms with Crippen molar-refractivity contribution in [2.45, 2.75) is 26.7 Å². The molecule has 0 bridgehead atoms. The molecule has 20 heavy (non-hydrogen) atoms. The Morgan fingerprint density at radius 2 is 2.20 bits per heavy atom. The van der Waals surface area contributed by atoms with Gasteiger partial charge in [-0.15, -0.1) is 0 Å². The predicted octanol–water partition coefficient (Wildman–Crippen LogP) is 3.89. The molecule has 1 N–H and O–H groups in total. The second-order valence-electron chi connectivity index (χ2n) is 5.78. The van der Waals surface area contributed by atoms with E-state index in [0.717, 1.165) is 31.1 Å². The molecule has 1 amide bonds. The summed E-state index contributed by atoms with van der Waals surface area (Å²) >= 11 is 6.04. The largest absolute Gasteiger partial charge is 0.384 e. The quantitative estimate of drug-likeness (QED) is 0.863. The monoisotopic (exact) mass is 294 g/mol. The van der Waals surface area contributed by atoms with Crippen molar-refractivity contribution >= 4 is 23.2 Å². The van der Waals surface area contributed by atoms with Crippen molar-refractivity contribution in [3.8, 4) is 0 Å². The lowest BCUT2D eigenvalue weighted by Crippen LogP contribution is -2.29. The minimum atomic E-state index is 0.0465. The molecule has 0 saturated heterocycles. The van der Waals surface area contributed by atoms with Gasteiger partial charge in [-0.1, -0.05) is 25.4 Å². The smallest absolute Gasteiger partial charge is 0.255 e. The highest BCUT2D eigenvalue weighted by atomic mass is 35.5. The van der Waals surface area contributed by atoms with Crippen molar-refractivity contribution in [2.24, 2.45) is 11.8 Å². The van der Waals surface area contributed by atoms with Gasteiger partial charge in [0.15, 0.2) is 0 Å². The Morgan fingerprint density at radius 3 is 2.80 bits per heavy atom. The van der Waals surface area contributed by atoms with Gasteiger partial charge in [0, 0.05) is 30.8 Å². The molecule has 1 aliphatic rings. The lowest BCUT2D eigenvalue weighted by atomic mass is 10.1. The van der Waals surface area contributed by atoms with E-state index in [0.29, 0.717) is 16.5 Å². The first kappa shape index (κ1) is 15.2. The minimum absolute atomic E-state index is 0.0465. The fourth-order valence-corrected chi connectivity index (χ4v) is 2.57. The van der Waals surface area contributed by atoms with Crippen molar-refractivity contribution in [3.05, 3.63) is 28.8 Å². The van der Waals surface area contributed by atoms with Gasteiger partial charge in [-0.3, -0.25) is 4.79 Å². The van der Waals surface area contributed by atoms with Gasteiger partial charge in [0.25, 0.3) is 5.91 Å². The van der Waals surface area contributed by atoms with Crippen LogP contribution in [0.15, 0.2) is 18.2 Å². The van der Waals surface area contributed by atoms with E-state index in [2.05, 4.69) is 19.2 Å². The molecule has 1 aromatic carbocycles. The molecule has 1 saturated carbocycles. The fraction of sp³-hybridized carbons (Fsp3) is 0.562. The van der Waals surface area contributed by atoms with E-state index >= 15 is 0 Å². The second-order valence-corrected chi connectivity index (χ2v) is 6.21. The van der Waals surface area contributed by atoms with Gasteiger partial charge in [-0.2, -0.15) is 0 Å². The van der Waals surface area contributed by atoms with Crippen LogP contribution < -0.4 is 5.32 Å². The molecule has 1 fully saturated rings. The number of nitrogens with zero attached hydrogens (tertiary/aromatic N) is 1. The molecule has 1 aromatic rings. The summed E-state index contributed by atoms with van der Waals surface area (Å²) < 4.78 is 0. The zero-order valence-corrected chi connectivity index (χ0v) is 13.2. The Labute approximate surface area is 126 Å². The number of nitrogens with one attached hydrogen (secondary N) is 1. The molecule has 2 atom stereocenters. The topological polar surface area (TPSA) is 32.3 Å². The zero-order valence-electron chi connectivity index (χ0n) is 12.4. The van der Waals surface area contributed by atoms with Gasteiger partial charge in [0.1, 0.15) is 0 Å². The van der Waals surface area contributed by atoms with Crippen LogP contribution in [0.1, 0.15) is 37.0 Å². The van der Waals surface area contributed by atoms with Gasteiger partial charge in [0.2, 0.25) is 0 Å². The molecule has 0 spiro atoms. The first-order valence-electron chi connectivity index (χ1n) is 7.31. The Balaban J connectivity index is 2.12. The number of anilines is 1. The van der Waals surface area contributed by atoms with Crippen LogP contribution in [0, 0.1) is 11.8 Å². The third kappa shape index (κ3) is 3.66. The molecule has 3 nitrogen and oxygen atoms in total.